The van der Waals surface area contributed by atoms with Gasteiger partial charge in [0.1, 0.15) is 24.4 Å². The first-order valence-corrected chi connectivity index (χ1v) is 6.72. The molecule has 0 fully saturated rings. The molecule has 0 spiro atoms. The van der Waals surface area contributed by atoms with Crippen molar-refractivity contribution >= 4 is 11.9 Å². The molecule has 4 heteroatoms. The Morgan fingerprint density at radius 1 is 1.33 bits per heavy atom. The Balaban J connectivity index is 2.21. The third-order valence-electron chi connectivity index (χ3n) is 3.44. The van der Waals surface area contributed by atoms with Gasteiger partial charge in [0.25, 0.3) is 0 Å². The molecule has 0 atom stereocenters. The summed E-state index contributed by atoms with van der Waals surface area (Å²) in [5, 5.41) is 0. The Hall–Kier alpha value is -2.62. The van der Waals surface area contributed by atoms with Crippen LogP contribution in [0.3, 0.4) is 0 Å². The topological polar surface area (TPSA) is 48.4 Å². The van der Waals surface area contributed by atoms with Crippen LogP contribution in [0.1, 0.15) is 23.2 Å². The van der Waals surface area contributed by atoms with Crippen molar-refractivity contribution in [3.05, 3.63) is 59.4 Å². The van der Waals surface area contributed by atoms with Crippen LogP contribution in [0.25, 0.3) is 5.57 Å². The van der Waals surface area contributed by atoms with Gasteiger partial charge in [0, 0.05) is 23.7 Å². The van der Waals surface area contributed by atoms with E-state index in [0.29, 0.717) is 13.0 Å². The fraction of sp³-hybridized carbons (Fsp3) is 0.176. The number of benzene rings is 1. The summed E-state index contributed by atoms with van der Waals surface area (Å²) < 4.78 is 11.1. The maximum Gasteiger partial charge on any atom is 0.131 e. The van der Waals surface area contributed by atoms with Crippen LogP contribution in [0.4, 0.5) is 0 Å². The van der Waals surface area contributed by atoms with Gasteiger partial charge in [0.05, 0.1) is 12.8 Å². The van der Waals surface area contributed by atoms with Gasteiger partial charge in [-0.3, -0.25) is 4.98 Å². The zero-order chi connectivity index (χ0) is 14.7. The van der Waals surface area contributed by atoms with Crippen LogP contribution in [0.5, 0.6) is 11.5 Å². The normalized spacial score (nSPS) is 14.6. The molecule has 3 rings (SSSR count). The summed E-state index contributed by atoms with van der Waals surface area (Å²) in [5.74, 6) is 1.52. The molecular formula is C17H15NO3. The molecule has 0 aliphatic carbocycles. The van der Waals surface area contributed by atoms with Crippen LogP contribution in [-0.2, 0) is 11.4 Å². The number of aromatic nitrogens is 1. The Morgan fingerprint density at radius 2 is 2.24 bits per heavy atom. The van der Waals surface area contributed by atoms with Crippen molar-refractivity contribution in [2.24, 2.45) is 0 Å². The number of nitrogens with zero attached hydrogens (tertiary/aromatic N) is 1. The van der Waals surface area contributed by atoms with Gasteiger partial charge in [-0.1, -0.05) is 12.1 Å². The van der Waals surface area contributed by atoms with E-state index in [9.17, 15) is 4.79 Å². The maximum absolute atomic E-state index is 10.8. The van der Waals surface area contributed by atoms with E-state index in [1.165, 1.54) is 0 Å². The maximum atomic E-state index is 10.8. The van der Waals surface area contributed by atoms with Crippen LogP contribution in [0, 0.1) is 0 Å². The lowest BCUT2D eigenvalue weighted by molar-refractivity contribution is -0.107. The molecule has 106 valence electrons. The molecule has 0 bridgehead atoms. The van der Waals surface area contributed by atoms with Gasteiger partial charge in [-0.25, -0.2) is 0 Å². The van der Waals surface area contributed by atoms with Crippen molar-refractivity contribution in [2.45, 2.75) is 13.0 Å². The SMILES string of the molecule is COc1ccc2c(c1)/C(=C/CC=O)c1cccnc1CO2. The number of hydrogen-bond acceptors (Lipinski definition) is 4. The van der Waals surface area contributed by atoms with Crippen LogP contribution < -0.4 is 9.47 Å². The molecule has 2 aromatic rings. The molecule has 0 saturated heterocycles. The van der Waals surface area contributed by atoms with E-state index in [2.05, 4.69) is 4.98 Å². The number of ether oxygens (including phenoxy) is 2. The molecule has 1 aromatic carbocycles. The minimum atomic E-state index is 0.348. The van der Waals surface area contributed by atoms with E-state index in [4.69, 9.17) is 9.47 Å². The van der Waals surface area contributed by atoms with Crippen molar-refractivity contribution in [3.63, 3.8) is 0 Å². The summed E-state index contributed by atoms with van der Waals surface area (Å²) in [7, 11) is 1.63. The Labute approximate surface area is 123 Å². The monoisotopic (exact) mass is 281 g/mol. The van der Waals surface area contributed by atoms with Crippen molar-refractivity contribution < 1.29 is 14.3 Å². The first-order valence-electron chi connectivity index (χ1n) is 6.72. The second-order valence-corrected chi connectivity index (χ2v) is 4.67. The molecular weight excluding hydrogens is 266 g/mol. The van der Waals surface area contributed by atoms with Crippen molar-refractivity contribution in [3.8, 4) is 11.5 Å². The molecule has 0 amide bonds. The first-order chi connectivity index (χ1) is 10.3. The van der Waals surface area contributed by atoms with Crippen LogP contribution in [0.15, 0.2) is 42.6 Å². The van der Waals surface area contributed by atoms with E-state index in [1.54, 1.807) is 13.3 Å². The lowest BCUT2D eigenvalue weighted by atomic mass is 9.95. The van der Waals surface area contributed by atoms with Crippen molar-refractivity contribution in [1.82, 2.24) is 4.98 Å². The van der Waals surface area contributed by atoms with Gasteiger partial charge in [0.2, 0.25) is 0 Å². The number of rotatable bonds is 3. The average Bonchev–Trinajstić information content (AvgIpc) is 2.69. The standard InChI is InChI=1S/C17H15NO3/c1-20-12-6-7-17-15(10-12)13(5-3-9-19)14-4-2-8-18-16(14)11-21-17/h2,4-10H,3,11H2,1H3/b13-5+. The van der Waals surface area contributed by atoms with Crippen LogP contribution in [0.2, 0.25) is 0 Å². The Bertz CT molecular complexity index is 707. The van der Waals surface area contributed by atoms with Gasteiger partial charge in [0.15, 0.2) is 0 Å². The number of allylic oxidation sites excluding steroid dienone is 1. The van der Waals surface area contributed by atoms with Gasteiger partial charge >= 0.3 is 0 Å². The highest BCUT2D eigenvalue weighted by molar-refractivity contribution is 5.86. The summed E-state index contributed by atoms with van der Waals surface area (Å²) in [6.07, 6.45) is 4.88. The molecule has 1 aliphatic rings. The fourth-order valence-corrected chi connectivity index (χ4v) is 2.45. The number of fused-ring (bicyclic) bond motifs is 2. The Morgan fingerprint density at radius 3 is 3.05 bits per heavy atom. The molecule has 2 heterocycles. The largest absolute Gasteiger partial charge is 0.497 e. The van der Waals surface area contributed by atoms with Gasteiger partial charge in [-0.05, 0) is 29.8 Å². The second kappa shape index (κ2) is 5.79. The number of hydrogen-bond donors (Lipinski definition) is 0. The summed E-state index contributed by atoms with van der Waals surface area (Å²) in [4.78, 5) is 15.1. The summed E-state index contributed by atoms with van der Waals surface area (Å²) in [6.45, 7) is 0.411. The Kier molecular flexibility index (Phi) is 3.69. The highest BCUT2D eigenvalue weighted by Crippen LogP contribution is 2.38. The van der Waals surface area contributed by atoms with Gasteiger partial charge in [-0.15, -0.1) is 0 Å². The summed E-state index contributed by atoms with van der Waals surface area (Å²) in [6, 6.07) is 9.55. The molecule has 0 unspecified atom stereocenters. The number of pyridine rings is 1. The lowest BCUT2D eigenvalue weighted by Crippen LogP contribution is -1.98. The third-order valence-corrected chi connectivity index (χ3v) is 3.44. The van der Waals surface area contributed by atoms with E-state index >= 15 is 0 Å². The van der Waals surface area contributed by atoms with E-state index in [0.717, 1.165) is 40.2 Å². The van der Waals surface area contributed by atoms with Crippen molar-refractivity contribution in [2.75, 3.05) is 7.11 Å². The highest BCUT2D eigenvalue weighted by Gasteiger charge is 2.20. The van der Waals surface area contributed by atoms with E-state index in [1.807, 2.05) is 36.4 Å². The van der Waals surface area contributed by atoms with Gasteiger partial charge < -0.3 is 14.3 Å². The zero-order valence-electron chi connectivity index (χ0n) is 11.7. The first kappa shape index (κ1) is 13.4. The number of carbonyl (C=O) groups is 1. The molecule has 1 aromatic heterocycles. The minimum absolute atomic E-state index is 0.348. The number of carbonyl (C=O) groups excluding carboxylic acids is 1. The predicted molar refractivity (Wildman–Crippen MR) is 79.3 cm³/mol. The van der Waals surface area contributed by atoms with E-state index in [-0.39, 0.29) is 0 Å². The molecule has 1 aliphatic heterocycles. The number of methoxy groups -OCH3 is 1. The summed E-state index contributed by atoms with van der Waals surface area (Å²) in [5.41, 5.74) is 3.73. The third kappa shape index (κ3) is 2.52. The molecule has 0 saturated carbocycles. The minimum Gasteiger partial charge on any atom is -0.497 e. The smallest absolute Gasteiger partial charge is 0.131 e. The molecule has 0 radical (unpaired) electrons. The highest BCUT2D eigenvalue weighted by atomic mass is 16.5. The zero-order valence-corrected chi connectivity index (χ0v) is 11.7. The predicted octanol–water partition coefficient (Wildman–Crippen LogP) is 3.00. The van der Waals surface area contributed by atoms with Crippen LogP contribution in [-0.4, -0.2) is 18.4 Å². The van der Waals surface area contributed by atoms with Crippen molar-refractivity contribution in [1.29, 1.82) is 0 Å². The molecule has 0 N–H and O–H groups in total. The molecule has 21 heavy (non-hydrogen) atoms. The quantitative estimate of drug-likeness (QED) is 0.811. The lowest BCUT2D eigenvalue weighted by Gasteiger charge is -2.11. The fourth-order valence-electron chi connectivity index (χ4n) is 2.45. The second-order valence-electron chi connectivity index (χ2n) is 4.67. The average molecular weight is 281 g/mol. The van der Waals surface area contributed by atoms with Gasteiger partial charge in [-0.2, -0.15) is 0 Å². The van der Waals surface area contributed by atoms with E-state index < -0.39 is 0 Å². The summed E-state index contributed by atoms with van der Waals surface area (Å²) >= 11 is 0. The molecule has 4 nitrogen and oxygen atoms in total. The van der Waals surface area contributed by atoms with Crippen LogP contribution >= 0.6 is 0 Å². The number of aldehydes is 1.